The van der Waals surface area contributed by atoms with Crippen molar-refractivity contribution in [3.05, 3.63) is 34.0 Å². The normalized spacial score (nSPS) is 9.89. The first kappa shape index (κ1) is 15.6. The van der Waals surface area contributed by atoms with E-state index >= 15 is 0 Å². The van der Waals surface area contributed by atoms with Gasteiger partial charge in [0, 0.05) is 17.3 Å². The Morgan fingerprint density at radius 2 is 2.05 bits per heavy atom. The summed E-state index contributed by atoms with van der Waals surface area (Å²) >= 11 is 1.51. The Labute approximate surface area is 118 Å². The lowest BCUT2D eigenvalue weighted by Gasteiger charge is -2.02. The molecule has 0 spiro atoms. The first-order chi connectivity index (χ1) is 9.06. The molecule has 104 valence electrons. The third-order valence-electron chi connectivity index (χ3n) is 2.26. The summed E-state index contributed by atoms with van der Waals surface area (Å²) < 4.78 is 1.74. The molecule has 4 nitrogen and oxygen atoms in total. The molecule has 0 bridgehead atoms. The molecule has 0 saturated carbocycles. The molecule has 0 saturated heterocycles. The molecule has 0 aliphatic rings. The van der Waals surface area contributed by atoms with Crippen LogP contribution in [0.5, 0.6) is 0 Å². The fraction of sp³-hybridized carbons (Fsp3) is 0.500. The Hall–Kier alpha value is -1.49. The summed E-state index contributed by atoms with van der Waals surface area (Å²) in [6, 6.07) is 1.97. The molecule has 19 heavy (non-hydrogen) atoms. The van der Waals surface area contributed by atoms with E-state index in [1.807, 2.05) is 25.3 Å². The van der Waals surface area contributed by atoms with E-state index in [4.69, 9.17) is 0 Å². The van der Waals surface area contributed by atoms with Crippen LogP contribution in [0.25, 0.3) is 0 Å². The number of aromatic nitrogens is 3. The van der Waals surface area contributed by atoms with Crippen molar-refractivity contribution in [2.45, 2.75) is 47.1 Å². The van der Waals surface area contributed by atoms with Crippen molar-refractivity contribution in [2.75, 3.05) is 0 Å². The van der Waals surface area contributed by atoms with Gasteiger partial charge < -0.3 is 0 Å². The quantitative estimate of drug-likeness (QED) is 0.863. The van der Waals surface area contributed by atoms with Crippen molar-refractivity contribution >= 4 is 17.1 Å². The lowest BCUT2D eigenvalue weighted by molar-refractivity contribution is -0.119. The SMILES string of the molecule is CCC.Cc1cc(C)n(CC(=O)Cc2nccs2)n1. The highest BCUT2D eigenvalue weighted by Crippen LogP contribution is 2.07. The van der Waals surface area contributed by atoms with Gasteiger partial charge in [0.25, 0.3) is 0 Å². The fourth-order valence-electron chi connectivity index (χ4n) is 1.57. The lowest BCUT2D eigenvalue weighted by Crippen LogP contribution is -2.14. The van der Waals surface area contributed by atoms with E-state index in [-0.39, 0.29) is 5.78 Å². The number of thiazole rings is 1. The molecule has 2 aromatic rings. The lowest BCUT2D eigenvalue weighted by atomic mass is 10.3. The monoisotopic (exact) mass is 279 g/mol. The highest BCUT2D eigenvalue weighted by molar-refractivity contribution is 7.09. The van der Waals surface area contributed by atoms with Crippen LogP contribution in [0.2, 0.25) is 0 Å². The van der Waals surface area contributed by atoms with Gasteiger partial charge in [-0.05, 0) is 19.9 Å². The van der Waals surface area contributed by atoms with Crippen molar-refractivity contribution in [2.24, 2.45) is 0 Å². The number of rotatable bonds is 4. The average Bonchev–Trinajstić information content (AvgIpc) is 2.91. The van der Waals surface area contributed by atoms with Crippen LogP contribution in [0, 0.1) is 13.8 Å². The topological polar surface area (TPSA) is 47.8 Å². The van der Waals surface area contributed by atoms with E-state index in [9.17, 15) is 4.79 Å². The number of hydrogen-bond donors (Lipinski definition) is 0. The highest BCUT2D eigenvalue weighted by atomic mass is 32.1. The molecular weight excluding hydrogens is 258 g/mol. The summed E-state index contributed by atoms with van der Waals surface area (Å²) in [6.07, 6.45) is 3.37. The largest absolute Gasteiger partial charge is 0.297 e. The number of hydrogen-bond acceptors (Lipinski definition) is 4. The number of ketones is 1. The number of aryl methyl sites for hydroxylation is 2. The Balaban J connectivity index is 0.000000550. The van der Waals surface area contributed by atoms with Crippen molar-refractivity contribution in [1.82, 2.24) is 14.8 Å². The van der Waals surface area contributed by atoms with Crippen LogP contribution in [0.3, 0.4) is 0 Å². The van der Waals surface area contributed by atoms with Crippen LogP contribution in [0.1, 0.15) is 36.7 Å². The molecule has 2 rings (SSSR count). The van der Waals surface area contributed by atoms with E-state index in [0.717, 1.165) is 16.4 Å². The van der Waals surface area contributed by atoms with Crippen LogP contribution < -0.4 is 0 Å². The zero-order valence-corrected chi connectivity index (χ0v) is 12.8. The minimum Gasteiger partial charge on any atom is -0.297 e. The molecule has 0 aliphatic heterocycles. The van der Waals surface area contributed by atoms with Crippen molar-refractivity contribution in [3.8, 4) is 0 Å². The molecule has 2 heterocycles. The zero-order valence-electron chi connectivity index (χ0n) is 12.0. The van der Waals surface area contributed by atoms with Gasteiger partial charge in [-0.15, -0.1) is 11.3 Å². The summed E-state index contributed by atoms with van der Waals surface area (Å²) in [5.41, 5.74) is 1.96. The maximum absolute atomic E-state index is 11.7. The number of Topliss-reactive ketones (excluding diaryl/α,β-unsaturated/α-hetero) is 1. The third-order valence-corrected chi connectivity index (χ3v) is 3.04. The van der Waals surface area contributed by atoms with Gasteiger partial charge >= 0.3 is 0 Å². The molecule has 0 fully saturated rings. The molecule has 0 amide bonds. The predicted molar refractivity (Wildman–Crippen MR) is 78.5 cm³/mol. The summed E-state index contributed by atoms with van der Waals surface area (Å²) in [7, 11) is 0. The standard InChI is InChI=1S/C11H13N3OS.C3H8/c1-8-5-9(2)14(13-8)7-10(15)6-11-12-3-4-16-11;1-3-2/h3-5H,6-7H2,1-2H3;3H2,1-2H3. The third kappa shape index (κ3) is 5.34. The van der Waals surface area contributed by atoms with Crippen molar-refractivity contribution in [3.63, 3.8) is 0 Å². The molecule has 0 N–H and O–H groups in total. The first-order valence-electron chi connectivity index (χ1n) is 6.47. The van der Waals surface area contributed by atoms with Gasteiger partial charge in [-0.3, -0.25) is 9.48 Å². The number of carbonyl (C=O) groups is 1. The van der Waals surface area contributed by atoms with Gasteiger partial charge in [0.15, 0.2) is 5.78 Å². The Kier molecular flexibility index (Phi) is 6.42. The fourth-order valence-corrected chi connectivity index (χ4v) is 2.21. The second-order valence-corrected chi connectivity index (χ2v) is 5.41. The van der Waals surface area contributed by atoms with E-state index in [0.29, 0.717) is 13.0 Å². The van der Waals surface area contributed by atoms with E-state index in [2.05, 4.69) is 23.9 Å². The van der Waals surface area contributed by atoms with Crippen molar-refractivity contribution < 1.29 is 4.79 Å². The smallest absolute Gasteiger partial charge is 0.161 e. The number of carbonyl (C=O) groups excluding carboxylic acids is 1. The molecule has 0 aromatic carbocycles. The Bertz CT molecular complexity index is 503. The molecule has 5 heteroatoms. The van der Waals surface area contributed by atoms with E-state index in [1.54, 1.807) is 10.9 Å². The maximum atomic E-state index is 11.7. The molecule has 0 unspecified atom stereocenters. The van der Waals surface area contributed by atoms with Crippen LogP contribution in [-0.4, -0.2) is 20.5 Å². The average molecular weight is 279 g/mol. The van der Waals surface area contributed by atoms with Gasteiger partial charge in [0.2, 0.25) is 0 Å². The predicted octanol–water partition coefficient (Wildman–Crippen LogP) is 3.18. The summed E-state index contributed by atoms with van der Waals surface area (Å²) in [5, 5.41) is 7.01. The van der Waals surface area contributed by atoms with Gasteiger partial charge in [0.05, 0.1) is 17.1 Å². The maximum Gasteiger partial charge on any atom is 0.161 e. The first-order valence-corrected chi connectivity index (χ1v) is 7.35. The Morgan fingerprint density at radius 1 is 1.37 bits per heavy atom. The minimum absolute atomic E-state index is 0.140. The van der Waals surface area contributed by atoms with E-state index < -0.39 is 0 Å². The number of nitrogens with zero attached hydrogens (tertiary/aromatic N) is 3. The van der Waals surface area contributed by atoms with Crippen molar-refractivity contribution in [1.29, 1.82) is 0 Å². The highest BCUT2D eigenvalue weighted by Gasteiger charge is 2.09. The second kappa shape index (κ2) is 7.84. The molecule has 0 atom stereocenters. The van der Waals surface area contributed by atoms with E-state index in [1.165, 1.54) is 17.8 Å². The van der Waals surface area contributed by atoms with Crippen LogP contribution in [0.15, 0.2) is 17.6 Å². The van der Waals surface area contributed by atoms with Gasteiger partial charge in [-0.2, -0.15) is 5.10 Å². The van der Waals surface area contributed by atoms with Gasteiger partial charge in [-0.1, -0.05) is 20.3 Å². The van der Waals surface area contributed by atoms with Crippen LogP contribution in [0.4, 0.5) is 0 Å². The van der Waals surface area contributed by atoms with Gasteiger partial charge in [-0.25, -0.2) is 4.98 Å². The minimum atomic E-state index is 0.140. The van der Waals surface area contributed by atoms with Crippen LogP contribution in [-0.2, 0) is 17.8 Å². The summed E-state index contributed by atoms with van der Waals surface area (Å²) in [6.45, 7) is 8.46. The molecule has 2 aromatic heterocycles. The molecule has 0 aliphatic carbocycles. The second-order valence-electron chi connectivity index (χ2n) is 4.43. The summed E-state index contributed by atoms with van der Waals surface area (Å²) in [4.78, 5) is 15.8. The molecule has 0 radical (unpaired) electrons. The van der Waals surface area contributed by atoms with Gasteiger partial charge in [0.1, 0.15) is 6.54 Å². The summed E-state index contributed by atoms with van der Waals surface area (Å²) in [5.74, 6) is 0.140. The van der Waals surface area contributed by atoms with Crippen LogP contribution >= 0.6 is 11.3 Å². The Morgan fingerprint density at radius 3 is 2.53 bits per heavy atom. The molecular formula is C14H21N3OS. The zero-order chi connectivity index (χ0) is 14.3.